The normalized spacial score (nSPS) is 16.1. The molecule has 0 aliphatic carbocycles. The second-order valence-corrected chi connectivity index (χ2v) is 5.04. The van der Waals surface area contributed by atoms with Crippen LogP contribution in [0, 0.1) is 5.92 Å². The summed E-state index contributed by atoms with van der Waals surface area (Å²) in [6.45, 7) is 3.82. The molecule has 2 N–H and O–H groups in total. The summed E-state index contributed by atoms with van der Waals surface area (Å²) in [5.74, 6) is 0.392. The van der Waals surface area contributed by atoms with Crippen molar-refractivity contribution in [1.29, 1.82) is 0 Å². The maximum Gasteiger partial charge on any atom is 0.225 e. The molecule has 1 heterocycles. The van der Waals surface area contributed by atoms with E-state index in [4.69, 9.17) is 0 Å². The summed E-state index contributed by atoms with van der Waals surface area (Å²) >= 11 is 0. The van der Waals surface area contributed by atoms with Gasteiger partial charge < -0.3 is 10.6 Å². The van der Waals surface area contributed by atoms with Crippen LogP contribution < -0.4 is 10.6 Å². The van der Waals surface area contributed by atoms with Gasteiger partial charge in [-0.25, -0.2) is 0 Å². The van der Waals surface area contributed by atoms with E-state index in [1.54, 1.807) is 0 Å². The summed E-state index contributed by atoms with van der Waals surface area (Å²) in [6.07, 6.45) is 3.07. The van der Waals surface area contributed by atoms with E-state index in [1.165, 1.54) is 5.56 Å². The fourth-order valence-electron chi connectivity index (χ4n) is 2.27. The minimum absolute atomic E-state index is 0. The highest BCUT2D eigenvalue weighted by Crippen LogP contribution is 2.10. The van der Waals surface area contributed by atoms with Crippen LogP contribution in [0.15, 0.2) is 30.3 Å². The topological polar surface area (TPSA) is 41.1 Å². The van der Waals surface area contributed by atoms with Crippen LogP contribution in [0.1, 0.15) is 25.3 Å². The zero-order chi connectivity index (χ0) is 12.8. The Hall–Kier alpha value is -1.06. The van der Waals surface area contributed by atoms with Gasteiger partial charge in [-0.15, -0.1) is 12.4 Å². The van der Waals surface area contributed by atoms with E-state index in [1.807, 2.05) is 6.07 Å². The van der Waals surface area contributed by atoms with Crippen molar-refractivity contribution < 1.29 is 4.79 Å². The largest absolute Gasteiger partial charge is 0.353 e. The average Bonchev–Trinajstić information content (AvgIpc) is 2.28. The van der Waals surface area contributed by atoms with Gasteiger partial charge in [0.25, 0.3) is 0 Å². The Kier molecular flexibility index (Phi) is 6.89. The number of carbonyl (C=O) groups is 1. The lowest BCUT2D eigenvalue weighted by atomic mass is 9.98. The summed E-state index contributed by atoms with van der Waals surface area (Å²) in [4.78, 5) is 11.9. The molecule has 0 radical (unpaired) electrons. The van der Waals surface area contributed by atoms with Crippen molar-refractivity contribution in [3.63, 3.8) is 0 Å². The van der Waals surface area contributed by atoms with Gasteiger partial charge in [-0.1, -0.05) is 43.7 Å². The molecular formula is C15H23ClN2O. The number of hydrogen-bond acceptors (Lipinski definition) is 2. The number of nitrogens with one attached hydrogen (secondary N) is 2. The number of hydrogen-bond donors (Lipinski definition) is 2. The molecule has 19 heavy (non-hydrogen) atoms. The molecule has 1 amide bonds. The van der Waals surface area contributed by atoms with Crippen LogP contribution in [0.25, 0.3) is 0 Å². The number of amides is 1. The van der Waals surface area contributed by atoms with E-state index in [9.17, 15) is 4.79 Å². The third-order valence-corrected chi connectivity index (χ3v) is 3.46. The molecule has 4 heteroatoms. The molecule has 1 aromatic carbocycles. The quantitative estimate of drug-likeness (QED) is 0.839. The minimum Gasteiger partial charge on any atom is -0.353 e. The Labute approximate surface area is 121 Å². The lowest BCUT2D eigenvalue weighted by molar-refractivity contribution is -0.127. The molecule has 1 aliphatic rings. The van der Waals surface area contributed by atoms with E-state index in [0.717, 1.165) is 32.4 Å². The summed E-state index contributed by atoms with van der Waals surface area (Å²) in [6, 6.07) is 10.6. The molecular weight excluding hydrogens is 260 g/mol. The Morgan fingerprint density at radius 2 is 2.05 bits per heavy atom. The number of benzene rings is 1. The first-order chi connectivity index (χ1) is 8.79. The van der Waals surface area contributed by atoms with Crippen molar-refractivity contribution in [3.05, 3.63) is 35.9 Å². The van der Waals surface area contributed by atoms with Crippen molar-refractivity contribution in [2.45, 2.75) is 32.2 Å². The first-order valence-corrected chi connectivity index (χ1v) is 6.84. The molecule has 1 aliphatic heterocycles. The molecule has 0 bridgehead atoms. The average molecular weight is 283 g/mol. The molecule has 1 saturated heterocycles. The number of rotatable bonds is 6. The van der Waals surface area contributed by atoms with E-state index in [0.29, 0.717) is 0 Å². The zero-order valence-corrected chi connectivity index (χ0v) is 12.2. The molecule has 1 unspecified atom stereocenters. The van der Waals surface area contributed by atoms with Gasteiger partial charge in [0.1, 0.15) is 0 Å². The van der Waals surface area contributed by atoms with Crippen molar-refractivity contribution >= 4 is 18.3 Å². The minimum atomic E-state index is 0. The smallest absolute Gasteiger partial charge is 0.225 e. The number of carbonyl (C=O) groups excluding carboxylic acids is 1. The molecule has 0 saturated carbocycles. The monoisotopic (exact) mass is 282 g/mol. The van der Waals surface area contributed by atoms with Gasteiger partial charge in [-0.3, -0.25) is 4.79 Å². The highest BCUT2D eigenvalue weighted by molar-refractivity contribution is 5.85. The van der Waals surface area contributed by atoms with Crippen LogP contribution >= 0.6 is 12.4 Å². The molecule has 1 aromatic rings. The highest BCUT2D eigenvalue weighted by Gasteiger charge is 2.26. The first-order valence-electron chi connectivity index (χ1n) is 6.84. The predicted octanol–water partition coefficient (Wildman–Crippen LogP) is 2.16. The van der Waals surface area contributed by atoms with Crippen LogP contribution in [-0.2, 0) is 11.2 Å². The molecule has 0 spiro atoms. The first kappa shape index (κ1) is 16.0. The summed E-state index contributed by atoms with van der Waals surface area (Å²) in [5, 5.41) is 6.33. The third-order valence-electron chi connectivity index (χ3n) is 3.46. The maximum atomic E-state index is 11.9. The van der Waals surface area contributed by atoms with Crippen molar-refractivity contribution in [1.82, 2.24) is 10.6 Å². The van der Waals surface area contributed by atoms with E-state index in [-0.39, 0.29) is 30.3 Å². The van der Waals surface area contributed by atoms with Gasteiger partial charge in [0.05, 0.1) is 5.92 Å². The van der Waals surface area contributed by atoms with Gasteiger partial charge in [-0.2, -0.15) is 0 Å². The van der Waals surface area contributed by atoms with Gasteiger partial charge in [0.2, 0.25) is 5.91 Å². The fourth-order valence-corrected chi connectivity index (χ4v) is 2.27. The van der Waals surface area contributed by atoms with Crippen molar-refractivity contribution in [2.24, 2.45) is 5.92 Å². The van der Waals surface area contributed by atoms with Gasteiger partial charge >= 0.3 is 0 Å². The Morgan fingerprint density at radius 1 is 1.37 bits per heavy atom. The standard InChI is InChI=1S/C15H22N2O.ClH/c1-2-6-14(9-12-7-4-3-5-8-12)17-15(18)13-10-16-11-13;/h3-5,7-8,13-14,16H,2,6,9-11H2,1H3,(H,17,18);1H. The molecule has 106 valence electrons. The van der Waals surface area contributed by atoms with E-state index < -0.39 is 0 Å². The zero-order valence-electron chi connectivity index (χ0n) is 11.4. The van der Waals surface area contributed by atoms with Gasteiger partial charge in [0.15, 0.2) is 0 Å². The Morgan fingerprint density at radius 3 is 2.58 bits per heavy atom. The second kappa shape index (κ2) is 8.18. The van der Waals surface area contributed by atoms with Gasteiger partial charge in [-0.05, 0) is 18.4 Å². The van der Waals surface area contributed by atoms with Crippen LogP contribution in [0.5, 0.6) is 0 Å². The number of halogens is 1. The SMILES string of the molecule is CCCC(Cc1ccccc1)NC(=O)C1CNC1.Cl. The Bertz CT molecular complexity index is 379. The summed E-state index contributed by atoms with van der Waals surface area (Å²) in [7, 11) is 0. The van der Waals surface area contributed by atoms with Crippen LogP contribution in [0.4, 0.5) is 0 Å². The fraction of sp³-hybridized carbons (Fsp3) is 0.533. The molecule has 0 aromatic heterocycles. The molecule has 1 atom stereocenters. The molecule has 3 nitrogen and oxygen atoms in total. The predicted molar refractivity (Wildman–Crippen MR) is 80.6 cm³/mol. The summed E-state index contributed by atoms with van der Waals surface area (Å²) < 4.78 is 0. The van der Waals surface area contributed by atoms with E-state index in [2.05, 4.69) is 41.8 Å². The lowest BCUT2D eigenvalue weighted by Gasteiger charge is -2.28. The van der Waals surface area contributed by atoms with E-state index >= 15 is 0 Å². The van der Waals surface area contributed by atoms with Crippen molar-refractivity contribution in [2.75, 3.05) is 13.1 Å². The lowest BCUT2D eigenvalue weighted by Crippen LogP contribution is -2.53. The third kappa shape index (κ3) is 4.84. The highest BCUT2D eigenvalue weighted by atomic mass is 35.5. The molecule has 1 fully saturated rings. The molecule has 2 rings (SSSR count). The van der Waals surface area contributed by atoms with Crippen LogP contribution in [0.2, 0.25) is 0 Å². The Balaban J connectivity index is 0.00000180. The van der Waals surface area contributed by atoms with Crippen molar-refractivity contribution in [3.8, 4) is 0 Å². The second-order valence-electron chi connectivity index (χ2n) is 5.04. The maximum absolute atomic E-state index is 11.9. The summed E-state index contributed by atoms with van der Waals surface area (Å²) in [5.41, 5.74) is 1.29. The van der Waals surface area contributed by atoms with Gasteiger partial charge in [0, 0.05) is 19.1 Å². The van der Waals surface area contributed by atoms with Crippen LogP contribution in [0.3, 0.4) is 0 Å². The van der Waals surface area contributed by atoms with Crippen LogP contribution in [-0.4, -0.2) is 25.0 Å².